The summed E-state index contributed by atoms with van der Waals surface area (Å²) >= 11 is 5.85. The number of rotatable bonds is 5. The first-order valence-electron chi connectivity index (χ1n) is 5.02. The number of benzene rings is 1. The first kappa shape index (κ1) is 13.3. The molecule has 0 heterocycles. The SMILES string of the molecule is C=CC(C)Oc1ccc(Cl)cc1C=CC(=O)O. The maximum absolute atomic E-state index is 10.5. The molecular weight excluding hydrogens is 240 g/mol. The van der Waals surface area contributed by atoms with Crippen molar-refractivity contribution in [2.45, 2.75) is 13.0 Å². The largest absolute Gasteiger partial charge is 0.486 e. The first-order chi connectivity index (χ1) is 8.02. The summed E-state index contributed by atoms with van der Waals surface area (Å²) in [6.07, 6.45) is 3.98. The molecule has 0 spiro atoms. The van der Waals surface area contributed by atoms with Crippen LogP contribution in [0.5, 0.6) is 5.75 Å². The van der Waals surface area contributed by atoms with Gasteiger partial charge in [0.25, 0.3) is 0 Å². The van der Waals surface area contributed by atoms with Gasteiger partial charge < -0.3 is 9.84 Å². The van der Waals surface area contributed by atoms with Crippen molar-refractivity contribution in [1.82, 2.24) is 0 Å². The summed E-state index contributed by atoms with van der Waals surface area (Å²) in [7, 11) is 0. The van der Waals surface area contributed by atoms with E-state index in [0.717, 1.165) is 6.08 Å². The van der Waals surface area contributed by atoms with Crippen molar-refractivity contribution < 1.29 is 14.6 Å². The Morgan fingerprint density at radius 1 is 1.59 bits per heavy atom. The maximum atomic E-state index is 10.5. The van der Waals surface area contributed by atoms with E-state index in [9.17, 15) is 4.79 Å². The normalized spacial score (nSPS) is 12.4. The number of ether oxygens (including phenoxy) is 1. The van der Waals surface area contributed by atoms with Gasteiger partial charge in [-0.2, -0.15) is 0 Å². The molecule has 0 radical (unpaired) electrons. The molecule has 90 valence electrons. The highest BCUT2D eigenvalue weighted by molar-refractivity contribution is 6.30. The Balaban J connectivity index is 3.03. The lowest BCUT2D eigenvalue weighted by atomic mass is 10.2. The van der Waals surface area contributed by atoms with Gasteiger partial charge in [0.15, 0.2) is 0 Å². The summed E-state index contributed by atoms with van der Waals surface area (Å²) in [6, 6.07) is 5.03. The number of carbonyl (C=O) groups is 1. The number of halogens is 1. The molecule has 0 saturated heterocycles. The van der Waals surface area contributed by atoms with Gasteiger partial charge in [0.2, 0.25) is 0 Å². The van der Waals surface area contributed by atoms with Crippen molar-refractivity contribution in [2.75, 3.05) is 0 Å². The molecule has 1 unspecified atom stereocenters. The summed E-state index contributed by atoms with van der Waals surface area (Å²) in [5.74, 6) is -0.452. The lowest BCUT2D eigenvalue weighted by molar-refractivity contribution is -0.131. The minimum absolute atomic E-state index is 0.159. The second-order valence-electron chi connectivity index (χ2n) is 3.41. The highest BCUT2D eigenvalue weighted by Crippen LogP contribution is 2.25. The molecule has 0 aliphatic rings. The summed E-state index contributed by atoms with van der Waals surface area (Å²) in [4.78, 5) is 10.5. The second kappa shape index (κ2) is 6.11. The van der Waals surface area contributed by atoms with E-state index < -0.39 is 5.97 Å². The second-order valence-corrected chi connectivity index (χ2v) is 3.85. The molecule has 1 N–H and O–H groups in total. The van der Waals surface area contributed by atoms with Crippen molar-refractivity contribution in [2.24, 2.45) is 0 Å². The summed E-state index contributed by atoms with van der Waals surface area (Å²) < 4.78 is 5.56. The number of carboxylic acid groups (broad SMARTS) is 1. The van der Waals surface area contributed by atoms with Gasteiger partial charge in [-0.1, -0.05) is 24.3 Å². The Hall–Kier alpha value is -1.74. The van der Waals surface area contributed by atoms with Crippen LogP contribution in [-0.2, 0) is 4.79 Å². The van der Waals surface area contributed by atoms with E-state index in [0.29, 0.717) is 16.3 Å². The van der Waals surface area contributed by atoms with E-state index >= 15 is 0 Å². The molecule has 0 aromatic heterocycles. The van der Waals surface area contributed by atoms with Crippen molar-refractivity contribution >= 4 is 23.6 Å². The van der Waals surface area contributed by atoms with E-state index in [1.807, 2.05) is 6.92 Å². The van der Waals surface area contributed by atoms with Gasteiger partial charge in [-0.25, -0.2) is 4.79 Å². The van der Waals surface area contributed by atoms with Crippen LogP contribution < -0.4 is 4.74 Å². The van der Waals surface area contributed by atoms with E-state index in [2.05, 4.69) is 6.58 Å². The lowest BCUT2D eigenvalue weighted by Crippen LogP contribution is -2.08. The predicted octanol–water partition coefficient (Wildman–Crippen LogP) is 3.39. The lowest BCUT2D eigenvalue weighted by Gasteiger charge is -2.13. The predicted molar refractivity (Wildman–Crippen MR) is 68.4 cm³/mol. The number of hydrogen-bond donors (Lipinski definition) is 1. The van der Waals surface area contributed by atoms with Gasteiger partial charge >= 0.3 is 5.97 Å². The molecular formula is C13H13ClO3. The maximum Gasteiger partial charge on any atom is 0.328 e. The smallest absolute Gasteiger partial charge is 0.328 e. The average molecular weight is 253 g/mol. The molecule has 0 fully saturated rings. The zero-order valence-corrected chi connectivity index (χ0v) is 10.1. The zero-order chi connectivity index (χ0) is 12.8. The van der Waals surface area contributed by atoms with Crippen LogP contribution in [0.3, 0.4) is 0 Å². The van der Waals surface area contributed by atoms with E-state index in [-0.39, 0.29) is 6.10 Å². The van der Waals surface area contributed by atoms with Crippen LogP contribution in [0.4, 0.5) is 0 Å². The molecule has 4 heteroatoms. The molecule has 17 heavy (non-hydrogen) atoms. The Kier molecular flexibility index (Phi) is 4.79. The van der Waals surface area contributed by atoms with Crippen molar-refractivity contribution in [1.29, 1.82) is 0 Å². The monoisotopic (exact) mass is 252 g/mol. The summed E-state index contributed by atoms with van der Waals surface area (Å²) in [5.41, 5.74) is 0.619. The Bertz CT molecular complexity index is 452. The third-order valence-electron chi connectivity index (χ3n) is 2.02. The van der Waals surface area contributed by atoms with Gasteiger partial charge in [0.1, 0.15) is 11.9 Å². The van der Waals surface area contributed by atoms with Gasteiger partial charge in [-0.3, -0.25) is 0 Å². The van der Waals surface area contributed by atoms with E-state index in [1.54, 1.807) is 24.3 Å². The Morgan fingerprint density at radius 2 is 2.29 bits per heavy atom. The van der Waals surface area contributed by atoms with Gasteiger partial charge in [0.05, 0.1) is 0 Å². The molecule has 1 atom stereocenters. The number of hydrogen-bond acceptors (Lipinski definition) is 2. The molecule has 1 rings (SSSR count). The quantitative estimate of drug-likeness (QED) is 0.645. The highest BCUT2D eigenvalue weighted by Gasteiger charge is 2.05. The van der Waals surface area contributed by atoms with Crippen LogP contribution in [0.1, 0.15) is 12.5 Å². The van der Waals surface area contributed by atoms with Gasteiger partial charge in [-0.05, 0) is 31.2 Å². The first-order valence-corrected chi connectivity index (χ1v) is 5.40. The van der Waals surface area contributed by atoms with Crippen molar-refractivity contribution in [3.63, 3.8) is 0 Å². The van der Waals surface area contributed by atoms with E-state index in [1.165, 1.54) is 6.08 Å². The molecule has 0 aliphatic heterocycles. The fraction of sp³-hybridized carbons (Fsp3) is 0.154. The molecule has 0 bridgehead atoms. The van der Waals surface area contributed by atoms with Crippen molar-refractivity contribution in [3.8, 4) is 5.75 Å². The molecule has 1 aromatic carbocycles. The van der Waals surface area contributed by atoms with E-state index in [4.69, 9.17) is 21.4 Å². The van der Waals surface area contributed by atoms with Crippen LogP contribution in [-0.4, -0.2) is 17.2 Å². The fourth-order valence-electron chi connectivity index (χ4n) is 1.17. The summed E-state index contributed by atoms with van der Waals surface area (Å²) in [6.45, 7) is 5.45. The van der Waals surface area contributed by atoms with Crippen LogP contribution in [0, 0.1) is 0 Å². The van der Waals surface area contributed by atoms with Crippen LogP contribution in [0.2, 0.25) is 5.02 Å². The molecule has 0 aliphatic carbocycles. The number of carboxylic acids is 1. The minimum Gasteiger partial charge on any atom is -0.486 e. The van der Waals surface area contributed by atoms with Gasteiger partial charge in [0, 0.05) is 16.7 Å². The molecule has 0 saturated carbocycles. The van der Waals surface area contributed by atoms with Crippen molar-refractivity contribution in [3.05, 3.63) is 47.5 Å². The molecule has 3 nitrogen and oxygen atoms in total. The van der Waals surface area contributed by atoms with Crippen LogP contribution >= 0.6 is 11.6 Å². The standard InChI is InChI=1S/C13H13ClO3/c1-3-9(2)17-12-6-5-11(14)8-10(12)4-7-13(15)16/h3-9H,1H2,2H3,(H,15,16). The Labute approximate surface area is 105 Å². The van der Waals surface area contributed by atoms with Gasteiger partial charge in [-0.15, -0.1) is 0 Å². The Morgan fingerprint density at radius 3 is 2.88 bits per heavy atom. The minimum atomic E-state index is -1.02. The average Bonchev–Trinajstić information content (AvgIpc) is 2.29. The number of aliphatic carboxylic acids is 1. The van der Waals surface area contributed by atoms with Crippen LogP contribution in [0.15, 0.2) is 36.9 Å². The van der Waals surface area contributed by atoms with Crippen LogP contribution in [0.25, 0.3) is 6.08 Å². The topological polar surface area (TPSA) is 46.5 Å². The summed E-state index contributed by atoms with van der Waals surface area (Å²) in [5, 5.41) is 9.11. The highest BCUT2D eigenvalue weighted by atomic mass is 35.5. The third kappa shape index (κ3) is 4.33. The molecule has 0 amide bonds. The molecule has 1 aromatic rings. The third-order valence-corrected chi connectivity index (χ3v) is 2.26. The zero-order valence-electron chi connectivity index (χ0n) is 9.39. The fourth-order valence-corrected chi connectivity index (χ4v) is 1.35.